The fraction of sp³-hybridized carbons (Fsp3) is 1.00. The molecule has 0 amide bonds. The smallest absolute Gasteiger partial charge is 0.0622 e. The summed E-state index contributed by atoms with van der Waals surface area (Å²) in [4.78, 5) is 5.16. The van der Waals surface area contributed by atoms with Gasteiger partial charge in [0.05, 0.1) is 6.61 Å². The van der Waals surface area contributed by atoms with Crippen LogP contribution in [0.2, 0.25) is 0 Å². The van der Waals surface area contributed by atoms with Crippen molar-refractivity contribution in [2.45, 2.75) is 60.0 Å². The molecule has 3 heteroatoms. The molecule has 2 heterocycles. The Morgan fingerprint density at radius 3 is 1.89 bits per heavy atom. The molecule has 2 fully saturated rings. The Morgan fingerprint density at radius 2 is 1.50 bits per heavy atom. The van der Waals surface area contributed by atoms with Crippen molar-refractivity contribution in [3.8, 4) is 0 Å². The molecule has 0 aromatic carbocycles. The molecule has 0 radical (unpaired) electrons. The standard InChI is InChI=1S/C11H22N2O.2C2H6/c1-10(2)12-4-6-13(7-5-12)11-3-8-14-9-11;2*1-2/h10-11H,3-9H2,1-2H3;2*1-2H3. The van der Waals surface area contributed by atoms with Crippen LogP contribution in [0.3, 0.4) is 0 Å². The van der Waals surface area contributed by atoms with Crippen molar-refractivity contribution in [3.63, 3.8) is 0 Å². The van der Waals surface area contributed by atoms with E-state index in [0.29, 0.717) is 12.1 Å². The Hall–Kier alpha value is -0.120. The minimum atomic E-state index is 0.706. The van der Waals surface area contributed by atoms with Crippen LogP contribution in [0.25, 0.3) is 0 Å². The van der Waals surface area contributed by atoms with E-state index in [4.69, 9.17) is 4.74 Å². The maximum Gasteiger partial charge on any atom is 0.0622 e. The fourth-order valence-corrected chi connectivity index (χ4v) is 2.43. The Kier molecular flexibility index (Phi) is 10.7. The summed E-state index contributed by atoms with van der Waals surface area (Å²) in [7, 11) is 0. The third kappa shape index (κ3) is 5.68. The lowest BCUT2D eigenvalue weighted by atomic mass is 10.1. The van der Waals surface area contributed by atoms with Gasteiger partial charge in [-0.25, -0.2) is 0 Å². The van der Waals surface area contributed by atoms with E-state index >= 15 is 0 Å². The summed E-state index contributed by atoms with van der Waals surface area (Å²) < 4.78 is 5.43. The van der Waals surface area contributed by atoms with Crippen molar-refractivity contribution in [1.29, 1.82) is 0 Å². The minimum absolute atomic E-state index is 0.706. The Labute approximate surface area is 114 Å². The van der Waals surface area contributed by atoms with Gasteiger partial charge in [0.2, 0.25) is 0 Å². The molecule has 0 bridgehead atoms. The zero-order valence-corrected chi connectivity index (χ0v) is 13.4. The van der Waals surface area contributed by atoms with Crippen LogP contribution < -0.4 is 0 Å². The lowest BCUT2D eigenvalue weighted by Gasteiger charge is -2.39. The number of ether oxygens (including phenoxy) is 1. The van der Waals surface area contributed by atoms with Crippen molar-refractivity contribution in [2.75, 3.05) is 39.4 Å². The van der Waals surface area contributed by atoms with E-state index in [9.17, 15) is 0 Å². The van der Waals surface area contributed by atoms with Crippen molar-refractivity contribution in [1.82, 2.24) is 9.80 Å². The highest BCUT2D eigenvalue weighted by Crippen LogP contribution is 2.15. The third-order valence-corrected chi connectivity index (χ3v) is 3.50. The number of nitrogens with zero attached hydrogens (tertiary/aromatic N) is 2. The highest BCUT2D eigenvalue weighted by atomic mass is 16.5. The van der Waals surface area contributed by atoms with Gasteiger partial charge in [-0.05, 0) is 20.3 Å². The van der Waals surface area contributed by atoms with Gasteiger partial charge >= 0.3 is 0 Å². The summed E-state index contributed by atoms with van der Waals surface area (Å²) in [5.74, 6) is 0. The van der Waals surface area contributed by atoms with Gasteiger partial charge in [0.25, 0.3) is 0 Å². The highest BCUT2D eigenvalue weighted by Gasteiger charge is 2.27. The lowest BCUT2D eigenvalue weighted by Crippen LogP contribution is -2.52. The summed E-state index contributed by atoms with van der Waals surface area (Å²) in [6, 6.07) is 1.42. The second-order valence-corrected chi connectivity index (χ2v) is 4.68. The molecule has 0 aromatic heterocycles. The van der Waals surface area contributed by atoms with Crippen molar-refractivity contribution < 1.29 is 4.74 Å². The molecule has 2 aliphatic rings. The van der Waals surface area contributed by atoms with E-state index in [1.165, 1.54) is 32.6 Å². The molecule has 2 rings (SSSR count). The van der Waals surface area contributed by atoms with Crippen molar-refractivity contribution in [3.05, 3.63) is 0 Å². The van der Waals surface area contributed by atoms with Crippen LogP contribution in [0.15, 0.2) is 0 Å². The van der Waals surface area contributed by atoms with Gasteiger partial charge in [-0.1, -0.05) is 27.7 Å². The van der Waals surface area contributed by atoms with Crippen molar-refractivity contribution in [2.24, 2.45) is 0 Å². The van der Waals surface area contributed by atoms with Crippen LogP contribution in [0.1, 0.15) is 48.0 Å². The predicted octanol–water partition coefficient (Wildman–Crippen LogP) is 2.85. The summed E-state index contributed by atoms with van der Waals surface area (Å²) in [5.41, 5.74) is 0. The van der Waals surface area contributed by atoms with E-state index in [0.717, 1.165) is 13.2 Å². The Morgan fingerprint density at radius 1 is 0.944 bits per heavy atom. The molecule has 2 aliphatic heterocycles. The minimum Gasteiger partial charge on any atom is -0.380 e. The summed E-state index contributed by atoms with van der Waals surface area (Å²) >= 11 is 0. The van der Waals surface area contributed by atoms with Gasteiger partial charge in [0.1, 0.15) is 0 Å². The highest BCUT2D eigenvalue weighted by molar-refractivity contribution is 4.81. The maximum absolute atomic E-state index is 5.43. The van der Waals surface area contributed by atoms with Gasteiger partial charge in [-0.15, -0.1) is 0 Å². The zero-order chi connectivity index (χ0) is 14.0. The molecular weight excluding hydrogens is 224 g/mol. The van der Waals surface area contributed by atoms with Gasteiger partial charge in [0.15, 0.2) is 0 Å². The SMILES string of the molecule is CC.CC.CC(C)N1CCN(C2CCOC2)CC1. The van der Waals surface area contributed by atoms with Crippen LogP contribution in [-0.4, -0.2) is 61.3 Å². The fourth-order valence-electron chi connectivity index (χ4n) is 2.43. The van der Waals surface area contributed by atoms with Crippen LogP contribution in [-0.2, 0) is 4.74 Å². The number of hydrogen-bond donors (Lipinski definition) is 0. The largest absolute Gasteiger partial charge is 0.380 e. The second kappa shape index (κ2) is 10.8. The van der Waals surface area contributed by atoms with Crippen molar-refractivity contribution >= 4 is 0 Å². The molecular formula is C15H34N2O. The molecule has 2 saturated heterocycles. The van der Waals surface area contributed by atoms with Gasteiger partial charge in [0, 0.05) is 44.9 Å². The average Bonchev–Trinajstić information content (AvgIpc) is 2.97. The molecule has 0 aliphatic carbocycles. The first-order valence-corrected chi connectivity index (χ1v) is 7.83. The summed E-state index contributed by atoms with van der Waals surface area (Å²) in [6.07, 6.45) is 1.24. The Balaban J connectivity index is 0.000000659. The molecule has 0 spiro atoms. The van der Waals surface area contributed by atoms with E-state index in [2.05, 4.69) is 23.6 Å². The molecule has 1 atom stereocenters. The molecule has 18 heavy (non-hydrogen) atoms. The predicted molar refractivity (Wildman–Crippen MR) is 80.2 cm³/mol. The van der Waals surface area contributed by atoms with Crippen LogP contribution >= 0.6 is 0 Å². The molecule has 1 unspecified atom stereocenters. The molecule has 0 N–H and O–H groups in total. The van der Waals surface area contributed by atoms with Crippen LogP contribution in [0.5, 0.6) is 0 Å². The number of rotatable bonds is 2. The Bertz CT molecular complexity index is 171. The average molecular weight is 258 g/mol. The first-order valence-electron chi connectivity index (χ1n) is 7.83. The monoisotopic (exact) mass is 258 g/mol. The molecule has 0 saturated carbocycles. The third-order valence-electron chi connectivity index (χ3n) is 3.50. The molecule has 0 aromatic rings. The van der Waals surface area contributed by atoms with Gasteiger partial charge in [-0.3, -0.25) is 9.80 Å². The van der Waals surface area contributed by atoms with Gasteiger partial charge in [-0.2, -0.15) is 0 Å². The van der Waals surface area contributed by atoms with E-state index in [1.807, 2.05) is 27.7 Å². The first-order chi connectivity index (χ1) is 8.77. The van der Waals surface area contributed by atoms with E-state index in [1.54, 1.807) is 0 Å². The van der Waals surface area contributed by atoms with Crippen LogP contribution in [0.4, 0.5) is 0 Å². The van der Waals surface area contributed by atoms with Crippen LogP contribution in [0, 0.1) is 0 Å². The topological polar surface area (TPSA) is 15.7 Å². The summed E-state index contributed by atoms with van der Waals surface area (Å²) in [6.45, 7) is 19.4. The normalized spacial score (nSPS) is 25.2. The summed E-state index contributed by atoms with van der Waals surface area (Å²) in [5, 5.41) is 0. The molecule has 3 nitrogen and oxygen atoms in total. The van der Waals surface area contributed by atoms with Gasteiger partial charge < -0.3 is 4.74 Å². The first kappa shape index (κ1) is 17.9. The quantitative estimate of drug-likeness (QED) is 0.757. The maximum atomic E-state index is 5.43. The lowest BCUT2D eigenvalue weighted by molar-refractivity contribution is 0.0704. The number of piperazine rings is 1. The zero-order valence-electron chi connectivity index (χ0n) is 13.4. The van der Waals surface area contributed by atoms with E-state index < -0.39 is 0 Å². The number of hydrogen-bond acceptors (Lipinski definition) is 3. The van der Waals surface area contributed by atoms with E-state index in [-0.39, 0.29) is 0 Å². The second-order valence-electron chi connectivity index (χ2n) is 4.68. The molecule has 110 valence electrons.